The molecule has 1 aromatic rings. The van der Waals surface area contributed by atoms with Gasteiger partial charge in [0.05, 0.1) is 13.0 Å². The summed E-state index contributed by atoms with van der Waals surface area (Å²) < 4.78 is 0. The van der Waals surface area contributed by atoms with E-state index in [0.717, 1.165) is 11.5 Å². The van der Waals surface area contributed by atoms with Gasteiger partial charge in [0, 0.05) is 0 Å². The van der Waals surface area contributed by atoms with Crippen LogP contribution in [0.4, 0.5) is 5.82 Å². The van der Waals surface area contributed by atoms with E-state index in [1.807, 2.05) is 0 Å². The number of anilines is 1. The Morgan fingerprint density at radius 1 is 1.70 bits per heavy atom. The standard InChI is InChI=1S/C5H9N5/c6-4-3-5(9-1-7-3)10-2-8-4/h1,4,8,10H,2,6H2,(H,7,9). The third kappa shape index (κ3) is 0.680. The molecule has 1 aromatic heterocycles. The van der Waals surface area contributed by atoms with Crippen molar-refractivity contribution in [2.45, 2.75) is 6.17 Å². The van der Waals surface area contributed by atoms with Crippen molar-refractivity contribution in [3.8, 4) is 0 Å². The Labute approximate surface area is 58.0 Å². The third-order valence-electron chi connectivity index (χ3n) is 1.55. The number of imidazole rings is 1. The van der Waals surface area contributed by atoms with Crippen LogP contribution in [-0.4, -0.2) is 16.6 Å². The number of aromatic nitrogens is 2. The van der Waals surface area contributed by atoms with Crippen LogP contribution in [0.1, 0.15) is 11.9 Å². The first-order valence-electron chi connectivity index (χ1n) is 3.14. The average Bonchev–Trinajstić information content (AvgIpc) is 2.36. The van der Waals surface area contributed by atoms with E-state index in [1.54, 1.807) is 6.33 Å². The lowest BCUT2D eigenvalue weighted by atomic mass is 10.3. The van der Waals surface area contributed by atoms with E-state index in [2.05, 4.69) is 20.6 Å². The smallest absolute Gasteiger partial charge is 0.130 e. The zero-order valence-electron chi connectivity index (χ0n) is 5.39. The Balaban J connectivity index is 2.41. The monoisotopic (exact) mass is 139 g/mol. The van der Waals surface area contributed by atoms with Gasteiger partial charge in [-0.25, -0.2) is 4.98 Å². The summed E-state index contributed by atoms with van der Waals surface area (Å²) in [4.78, 5) is 6.98. The van der Waals surface area contributed by atoms with Gasteiger partial charge in [0.2, 0.25) is 0 Å². The minimum absolute atomic E-state index is 0.137. The van der Waals surface area contributed by atoms with Crippen LogP contribution in [0.3, 0.4) is 0 Å². The highest BCUT2D eigenvalue weighted by Gasteiger charge is 2.16. The second kappa shape index (κ2) is 1.96. The summed E-state index contributed by atoms with van der Waals surface area (Å²) in [6.45, 7) is 0.691. The molecule has 2 heterocycles. The summed E-state index contributed by atoms with van der Waals surface area (Å²) >= 11 is 0. The quantitative estimate of drug-likeness (QED) is 0.385. The first kappa shape index (κ1) is 5.70. The van der Waals surface area contributed by atoms with E-state index in [1.165, 1.54) is 0 Å². The largest absolute Gasteiger partial charge is 0.357 e. The highest BCUT2D eigenvalue weighted by Crippen LogP contribution is 2.16. The summed E-state index contributed by atoms with van der Waals surface area (Å²) in [5, 5.41) is 6.07. The molecule has 0 amide bonds. The number of hydrogen-bond acceptors (Lipinski definition) is 4. The van der Waals surface area contributed by atoms with Gasteiger partial charge in [-0.1, -0.05) is 0 Å². The summed E-state index contributed by atoms with van der Waals surface area (Å²) in [5.41, 5.74) is 6.51. The van der Waals surface area contributed by atoms with Crippen LogP contribution in [0.25, 0.3) is 0 Å². The van der Waals surface area contributed by atoms with Gasteiger partial charge in [0.25, 0.3) is 0 Å². The molecular weight excluding hydrogens is 130 g/mol. The van der Waals surface area contributed by atoms with Crippen molar-refractivity contribution in [2.75, 3.05) is 12.0 Å². The van der Waals surface area contributed by atoms with Crippen LogP contribution in [0.5, 0.6) is 0 Å². The van der Waals surface area contributed by atoms with Crippen molar-refractivity contribution in [2.24, 2.45) is 5.73 Å². The molecule has 0 spiro atoms. The highest BCUT2D eigenvalue weighted by molar-refractivity contribution is 5.43. The van der Waals surface area contributed by atoms with E-state index < -0.39 is 0 Å². The van der Waals surface area contributed by atoms with Crippen LogP contribution in [0, 0.1) is 0 Å². The van der Waals surface area contributed by atoms with Crippen molar-refractivity contribution in [1.29, 1.82) is 0 Å². The fourth-order valence-electron chi connectivity index (χ4n) is 1.03. The Kier molecular flexibility index (Phi) is 1.12. The van der Waals surface area contributed by atoms with Gasteiger partial charge in [0.15, 0.2) is 0 Å². The number of hydrogen-bond donors (Lipinski definition) is 4. The fourth-order valence-corrected chi connectivity index (χ4v) is 1.03. The topological polar surface area (TPSA) is 78.8 Å². The summed E-state index contributed by atoms with van der Waals surface area (Å²) in [6.07, 6.45) is 1.49. The predicted octanol–water partition coefficient (Wildman–Crippen LogP) is -0.660. The first-order chi connectivity index (χ1) is 4.88. The molecule has 2 rings (SSSR count). The van der Waals surface area contributed by atoms with E-state index in [9.17, 15) is 0 Å². The number of fused-ring (bicyclic) bond motifs is 1. The maximum absolute atomic E-state index is 5.66. The van der Waals surface area contributed by atoms with Crippen molar-refractivity contribution in [3.63, 3.8) is 0 Å². The molecule has 1 aliphatic rings. The maximum Gasteiger partial charge on any atom is 0.130 e. The molecule has 5 N–H and O–H groups in total. The molecule has 1 atom stereocenters. The Bertz CT molecular complexity index is 230. The fraction of sp³-hybridized carbons (Fsp3) is 0.400. The zero-order chi connectivity index (χ0) is 6.97. The summed E-state index contributed by atoms with van der Waals surface area (Å²) in [5.74, 6) is 0.922. The molecule has 10 heavy (non-hydrogen) atoms. The molecule has 0 bridgehead atoms. The van der Waals surface area contributed by atoms with Crippen LogP contribution < -0.4 is 16.4 Å². The summed E-state index contributed by atoms with van der Waals surface area (Å²) in [6, 6.07) is 0. The molecule has 0 radical (unpaired) electrons. The van der Waals surface area contributed by atoms with Gasteiger partial charge in [-0.15, -0.1) is 0 Å². The van der Waals surface area contributed by atoms with E-state index in [4.69, 9.17) is 5.73 Å². The Hall–Kier alpha value is -1.07. The number of rotatable bonds is 0. The van der Waals surface area contributed by atoms with Crippen molar-refractivity contribution < 1.29 is 0 Å². The van der Waals surface area contributed by atoms with E-state index >= 15 is 0 Å². The van der Waals surface area contributed by atoms with Gasteiger partial charge in [0.1, 0.15) is 17.7 Å². The van der Waals surface area contributed by atoms with Crippen LogP contribution in [0.2, 0.25) is 0 Å². The van der Waals surface area contributed by atoms with Crippen LogP contribution in [0.15, 0.2) is 6.33 Å². The Morgan fingerprint density at radius 3 is 3.40 bits per heavy atom. The molecule has 0 aromatic carbocycles. The average molecular weight is 139 g/mol. The molecule has 1 aliphatic heterocycles. The van der Waals surface area contributed by atoms with E-state index in [0.29, 0.717) is 6.67 Å². The number of aromatic amines is 1. The molecule has 54 valence electrons. The minimum Gasteiger partial charge on any atom is -0.357 e. The van der Waals surface area contributed by atoms with Gasteiger partial charge in [-0.05, 0) is 0 Å². The lowest BCUT2D eigenvalue weighted by Crippen LogP contribution is -2.37. The summed E-state index contributed by atoms with van der Waals surface area (Å²) in [7, 11) is 0. The number of H-pyrrole nitrogens is 1. The zero-order valence-corrected chi connectivity index (χ0v) is 5.39. The van der Waals surface area contributed by atoms with Crippen LogP contribution >= 0.6 is 0 Å². The minimum atomic E-state index is -0.137. The van der Waals surface area contributed by atoms with Gasteiger partial charge in [-0.3, -0.25) is 5.32 Å². The molecule has 0 aliphatic carbocycles. The van der Waals surface area contributed by atoms with Gasteiger partial charge in [-0.2, -0.15) is 0 Å². The molecule has 0 saturated heterocycles. The maximum atomic E-state index is 5.66. The van der Waals surface area contributed by atoms with Crippen molar-refractivity contribution in [1.82, 2.24) is 15.3 Å². The molecule has 0 saturated carbocycles. The van der Waals surface area contributed by atoms with E-state index in [-0.39, 0.29) is 6.17 Å². The molecule has 5 nitrogen and oxygen atoms in total. The lowest BCUT2D eigenvalue weighted by Gasteiger charge is -2.19. The molecule has 1 unspecified atom stereocenters. The second-order valence-electron chi connectivity index (χ2n) is 2.20. The first-order valence-corrected chi connectivity index (χ1v) is 3.14. The van der Waals surface area contributed by atoms with Crippen molar-refractivity contribution >= 4 is 5.82 Å². The predicted molar refractivity (Wildman–Crippen MR) is 37.1 cm³/mol. The second-order valence-corrected chi connectivity index (χ2v) is 2.20. The lowest BCUT2D eigenvalue weighted by molar-refractivity contribution is 0.548. The molecular formula is C5H9N5. The normalized spacial score (nSPS) is 23.5. The number of nitrogens with two attached hydrogens (primary N) is 1. The van der Waals surface area contributed by atoms with Gasteiger partial charge < -0.3 is 16.0 Å². The van der Waals surface area contributed by atoms with Crippen molar-refractivity contribution in [3.05, 3.63) is 12.0 Å². The Morgan fingerprint density at radius 2 is 2.60 bits per heavy atom. The SMILES string of the molecule is NC1NCNc2[nH]cnc21. The third-order valence-corrected chi connectivity index (χ3v) is 1.55. The van der Waals surface area contributed by atoms with Gasteiger partial charge >= 0.3 is 0 Å². The highest BCUT2D eigenvalue weighted by atomic mass is 15.2. The van der Waals surface area contributed by atoms with Crippen LogP contribution in [-0.2, 0) is 0 Å². The number of nitrogens with one attached hydrogen (secondary N) is 3. The number of nitrogens with zero attached hydrogens (tertiary/aromatic N) is 1. The molecule has 0 fully saturated rings. The molecule has 5 heteroatoms.